The van der Waals surface area contributed by atoms with Gasteiger partial charge in [0.2, 0.25) is 0 Å². The second-order valence-corrected chi connectivity index (χ2v) is 5.24. The molecule has 1 N–H and O–H groups in total. The van der Waals surface area contributed by atoms with Crippen LogP contribution in [0.2, 0.25) is 0 Å². The minimum atomic E-state index is -0.453. The average molecular weight is 318 g/mol. The Labute approximate surface area is 133 Å². The fraction of sp³-hybridized carbons (Fsp3) is 0.176. The SMILES string of the molecule is Cc1[nH]c(C(=O)OCc2ccccc2)c(C)c1/C(Cl)=C\C=O. The Hall–Kier alpha value is -2.33. The highest BCUT2D eigenvalue weighted by Gasteiger charge is 2.20. The van der Waals surface area contributed by atoms with E-state index in [1.165, 1.54) is 6.08 Å². The molecule has 0 aliphatic carbocycles. The van der Waals surface area contributed by atoms with Crippen LogP contribution in [0, 0.1) is 13.8 Å². The minimum Gasteiger partial charge on any atom is -0.456 e. The van der Waals surface area contributed by atoms with Crippen LogP contribution in [0.5, 0.6) is 0 Å². The summed E-state index contributed by atoms with van der Waals surface area (Å²) in [6.45, 7) is 3.75. The standard InChI is InChI=1S/C17H16ClNO3/c1-11-15(14(18)8-9-20)12(2)19-16(11)17(21)22-10-13-6-4-3-5-7-13/h3-9,19H,10H2,1-2H3/b14-8+. The maximum absolute atomic E-state index is 12.2. The normalized spacial score (nSPS) is 11.3. The number of esters is 1. The third-order valence-electron chi connectivity index (χ3n) is 3.31. The van der Waals surface area contributed by atoms with Crippen LogP contribution >= 0.6 is 11.6 Å². The lowest BCUT2D eigenvalue weighted by Gasteiger charge is -2.05. The van der Waals surface area contributed by atoms with Gasteiger partial charge in [-0.05, 0) is 31.1 Å². The number of carbonyl (C=O) groups excluding carboxylic acids is 2. The lowest BCUT2D eigenvalue weighted by atomic mass is 10.1. The van der Waals surface area contributed by atoms with E-state index in [0.29, 0.717) is 33.8 Å². The van der Waals surface area contributed by atoms with Crippen LogP contribution in [0.3, 0.4) is 0 Å². The van der Waals surface area contributed by atoms with E-state index in [1.54, 1.807) is 13.8 Å². The second-order valence-electron chi connectivity index (χ2n) is 4.84. The number of aromatic nitrogens is 1. The Bertz CT molecular complexity index is 717. The monoisotopic (exact) mass is 317 g/mol. The van der Waals surface area contributed by atoms with E-state index in [1.807, 2.05) is 30.3 Å². The third kappa shape index (κ3) is 3.46. The van der Waals surface area contributed by atoms with Crippen molar-refractivity contribution in [1.82, 2.24) is 4.98 Å². The van der Waals surface area contributed by atoms with Crippen LogP contribution in [0.1, 0.15) is 32.9 Å². The smallest absolute Gasteiger partial charge is 0.355 e. The predicted octanol–water partition coefficient (Wildman–Crippen LogP) is 3.77. The fourth-order valence-electron chi connectivity index (χ4n) is 2.25. The molecule has 0 aliphatic heterocycles. The summed E-state index contributed by atoms with van der Waals surface area (Å²) in [6, 6.07) is 9.44. The van der Waals surface area contributed by atoms with Gasteiger partial charge in [-0.25, -0.2) is 4.79 Å². The van der Waals surface area contributed by atoms with Crippen LogP contribution in [-0.2, 0) is 16.1 Å². The molecule has 114 valence electrons. The van der Waals surface area contributed by atoms with Gasteiger partial charge in [0.25, 0.3) is 0 Å². The summed E-state index contributed by atoms with van der Waals surface area (Å²) in [7, 11) is 0. The lowest BCUT2D eigenvalue weighted by Crippen LogP contribution is -2.07. The molecule has 1 heterocycles. The zero-order valence-corrected chi connectivity index (χ0v) is 13.1. The summed E-state index contributed by atoms with van der Waals surface area (Å²) in [6.07, 6.45) is 1.87. The number of carbonyl (C=O) groups is 2. The molecule has 0 bridgehead atoms. The molecule has 22 heavy (non-hydrogen) atoms. The Kier molecular flexibility index (Phi) is 5.17. The summed E-state index contributed by atoms with van der Waals surface area (Å²) in [4.78, 5) is 25.7. The third-order valence-corrected chi connectivity index (χ3v) is 3.62. The number of benzene rings is 1. The van der Waals surface area contributed by atoms with Crippen LogP contribution in [0.4, 0.5) is 0 Å². The van der Waals surface area contributed by atoms with E-state index in [9.17, 15) is 9.59 Å². The zero-order chi connectivity index (χ0) is 16.1. The molecule has 0 unspecified atom stereocenters. The number of hydrogen-bond acceptors (Lipinski definition) is 3. The Morgan fingerprint density at radius 2 is 1.95 bits per heavy atom. The minimum absolute atomic E-state index is 0.199. The van der Waals surface area contributed by atoms with Crippen molar-refractivity contribution < 1.29 is 14.3 Å². The summed E-state index contributed by atoms with van der Waals surface area (Å²) < 4.78 is 5.30. The highest BCUT2D eigenvalue weighted by atomic mass is 35.5. The topological polar surface area (TPSA) is 59.2 Å². The first-order valence-corrected chi connectivity index (χ1v) is 7.14. The van der Waals surface area contributed by atoms with Crippen molar-refractivity contribution in [2.45, 2.75) is 20.5 Å². The van der Waals surface area contributed by atoms with E-state index in [4.69, 9.17) is 16.3 Å². The van der Waals surface area contributed by atoms with Gasteiger partial charge in [0.05, 0.1) is 5.03 Å². The van der Waals surface area contributed by atoms with Crippen molar-refractivity contribution in [3.8, 4) is 0 Å². The zero-order valence-electron chi connectivity index (χ0n) is 12.4. The van der Waals surface area contributed by atoms with Gasteiger partial charge in [-0.1, -0.05) is 41.9 Å². The van der Waals surface area contributed by atoms with Crippen LogP contribution in [-0.4, -0.2) is 17.2 Å². The number of halogens is 1. The molecule has 2 rings (SSSR count). The van der Waals surface area contributed by atoms with Gasteiger partial charge in [0.1, 0.15) is 18.6 Å². The molecular weight excluding hydrogens is 302 g/mol. The molecule has 0 spiro atoms. The van der Waals surface area contributed by atoms with Gasteiger partial charge in [0.15, 0.2) is 0 Å². The first-order valence-electron chi connectivity index (χ1n) is 6.76. The molecule has 1 aromatic heterocycles. The number of aryl methyl sites for hydroxylation is 1. The first kappa shape index (κ1) is 16.0. The Balaban J connectivity index is 2.19. The fourth-order valence-corrected chi connectivity index (χ4v) is 2.59. The second kappa shape index (κ2) is 7.09. The molecule has 2 aromatic rings. The number of ether oxygens (including phenoxy) is 1. The number of aromatic amines is 1. The Morgan fingerprint density at radius 3 is 2.59 bits per heavy atom. The van der Waals surface area contributed by atoms with Gasteiger partial charge in [-0.15, -0.1) is 0 Å². The maximum Gasteiger partial charge on any atom is 0.355 e. The van der Waals surface area contributed by atoms with Crippen molar-refractivity contribution in [2.24, 2.45) is 0 Å². The molecule has 0 radical (unpaired) electrons. The number of allylic oxidation sites excluding steroid dienone is 1. The van der Waals surface area contributed by atoms with Gasteiger partial charge >= 0.3 is 5.97 Å². The van der Waals surface area contributed by atoms with Crippen molar-refractivity contribution >= 4 is 28.9 Å². The van der Waals surface area contributed by atoms with E-state index >= 15 is 0 Å². The summed E-state index contributed by atoms with van der Waals surface area (Å²) in [5, 5.41) is 0.295. The molecule has 0 aliphatic rings. The van der Waals surface area contributed by atoms with E-state index in [2.05, 4.69) is 4.98 Å². The summed E-state index contributed by atoms with van der Waals surface area (Å²) >= 11 is 6.07. The van der Waals surface area contributed by atoms with Gasteiger partial charge in [0, 0.05) is 11.3 Å². The molecular formula is C17H16ClNO3. The number of nitrogens with one attached hydrogen (secondary N) is 1. The van der Waals surface area contributed by atoms with Gasteiger partial charge < -0.3 is 9.72 Å². The van der Waals surface area contributed by atoms with E-state index < -0.39 is 5.97 Å². The lowest BCUT2D eigenvalue weighted by molar-refractivity contribution is -0.104. The van der Waals surface area contributed by atoms with Crippen LogP contribution in [0.25, 0.3) is 5.03 Å². The van der Waals surface area contributed by atoms with Crippen molar-refractivity contribution in [3.63, 3.8) is 0 Å². The van der Waals surface area contributed by atoms with Gasteiger partial charge in [-0.2, -0.15) is 0 Å². The average Bonchev–Trinajstić information content (AvgIpc) is 2.81. The first-order chi connectivity index (χ1) is 10.5. The maximum atomic E-state index is 12.2. The number of H-pyrrole nitrogens is 1. The van der Waals surface area contributed by atoms with Crippen molar-refractivity contribution in [1.29, 1.82) is 0 Å². The molecule has 0 atom stereocenters. The largest absolute Gasteiger partial charge is 0.456 e. The van der Waals surface area contributed by atoms with Crippen molar-refractivity contribution in [3.05, 3.63) is 64.5 Å². The number of hydrogen-bond donors (Lipinski definition) is 1. The van der Waals surface area contributed by atoms with Crippen molar-refractivity contribution in [2.75, 3.05) is 0 Å². The summed E-state index contributed by atoms with van der Waals surface area (Å²) in [5.74, 6) is -0.453. The Morgan fingerprint density at radius 1 is 1.27 bits per heavy atom. The summed E-state index contributed by atoms with van der Waals surface area (Å²) in [5.41, 5.74) is 3.29. The number of rotatable bonds is 5. The molecule has 0 saturated carbocycles. The van der Waals surface area contributed by atoms with Crippen LogP contribution in [0.15, 0.2) is 36.4 Å². The van der Waals surface area contributed by atoms with E-state index in [0.717, 1.165) is 5.56 Å². The highest BCUT2D eigenvalue weighted by Crippen LogP contribution is 2.28. The molecule has 5 heteroatoms. The molecule has 1 aromatic carbocycles. The molecule has 0 amide bonds. The van der Waals surface area contributed by atoms with E-state index in [-0.39, 0.29) is 6.61 Å². The number of aldehydes is 1. The highest BCUT2D eigenvalue weighted by molar-refractivity contribution is 6.50. The predicted molar refractivity (Wildman–Crippen MR) is 85.7 cm³/mol. The molecule has 4 nitrogen and oxygen atoms in total. The quantitative estimate of drug-likeness (QED) is 0.519. The molecule has 0 fully saturated rings. The van der Waals surface area contributed by atoms with Crippen LogP contribution < -0.4 is 0 Å². The van der Waals surface area contributed by atoms with Gasteiger partial charge in [-0.3, -0.25) is 4.79 Å². The molecule has 0 saturated heterocycles.